The van der Waals surface area contributed by atoms with Crippen molar-refractivity contribution in [2.45, 2.75) is 4.90 Å². The lowest BCUT2D eigenvalue weighted by molar-refractivity contribution is 0.311. The lowest BCUT2D eigenvalue weighted by atomic mass is 10.3. The molecule has 0 unspecified atom stereocenters. The van der Waals surface area contributed by atoms with Crippen LogP contribution < -0.4 is 5.32 Å². The van der Waals surface area contributed by atoms with Gasteiger partial charge in [-0.15, -0.1) is 0 Å². The Bertz CT molecular complexity index is 324. The lowest BCUT2D eigenvalue weighted by Crippen LogP contribution is -2.04. The maximum absolute atomic E-state index is 10.5. The molecule has 0 aromatic heterocycles. The van der Waals surface area contributed by atoms with Crippen LogP contribution in [0.5, 0.6) is 0 Å². The number of thiol groups is 1. The van der Waals surface area contributed by atoms with Gasteiger partial charge in [-0.3, -0.25) is 0 Å². The summed E-state index contributed by atoms with van der Waals surface area (Å²) in [4.78, 5) is 0.296. The van der Waals surface area contributed by atoms with E-state index in [4.69, 9.17) is 5.11 Å². The third-order valence-corrected chi connectivity index (χ3v) is 2.24. The van der Waals surface area contributed by atoms with Crippen molar-refractivity contribution < 1.29 is 13.5 Å². The Morgan fingerprint density at radius 3 is 2.31 bits per heavy atom. The normalized spacial score (nSPS) is 10.3. The first-order chi connectivity index (χ1) is 6.24. The van der Waals surface area contributed by atoms with E-state index in [0.717, 1.165) is 5.69 Å². The summed E-state index contributed by atoms with van der Waals surface area (Å²) in [5.74, 6) is 0. The summed E-state index contributed by atoms with van der Waals surface area (Å²) < 4.78 is 21.0. The third-order valence-electron chi connectivity index (χ3n) is 1.52. The number of hydrogen-bond donors (Lipinski definition) is 3. The summed E-state index contributed by atoms with van der Waals surface area (Å²) in [7, 11) is -2.50. The van der Waals surface area contributed by atoms with E-state index in [2.05, 4.69) is 5.32 Å². The van der Waals surface area contributed by atoms with Crippen LogP contribution in [0.1, 0.15) is 0 Å². The molecule has 0 aliphatic carbocycles. The zero-order chi connectivity index (χ0) is 9.68. The van der Waals surface area contributed by atoms with Gasteiger partial charge in [0.15, 0.2) is 10.7 Å². The minimum Gasteiger partial charge on any atom is -0.395 e. The van der Waals surface area contributed by atoms with Crippen LogP contribution in [0, 0.1) is 0 Å². The molecule has 0 fully saturated rings. The van der Waals surface area contributed by atoms with Gasteiger partial charge in [-0.05, 0) is 24.3 Å². The minimum absolute atomic E-state index is 0.0531. The summed E-state index contributed by atoms with van der Waals surface area (Å²) in [6.45, 7) is 0.514. The molecule has 0 aliphatic heterocycles. The molecule has 5 heteroatoms. The number of aliphatic hydroxyl groups excluding tert-OH is 1. The van der Waals surface area contributed by atoms with Gasteiger partial charge in [0.25, 0.3) is 0 Å². The van der Waals surface area contributed by atoms with Crippen LogP contribution >= 0.6 is 0 Å². The van der Waals surface area contributed by atoms with Crippen LogP contribution in [0.15, 0.2) is 29.2 Å². The number of rotatable bonds is 4. The molecule has 0 spiro atoms. The highest BCUT2D eigenvalue weighted by Crippen LogP contribution is 2.09. The predicted molar refractivity (Wildman–Crippen MR) is 50.6 cm³/mol. The maximum Gasteiger partial charge on any atom is 0.168 e. The summed E-state index contributed by atoms with van der Waals surface area (Å²) in [6.07, 6.45) is 0. The number of anilines is 1. The fourth-order valence-corrected chi connectivity index (χ4v) is 1.29. The van der Waals surface area contributed by atoms with Crippen molar-refractivity contribution in [2.24, 2.45) is 0 Å². The number of benzene rings is 1. The maximum atomic E-state index is 10.5. The molecule has 72 valence electrons. The largest absolute Gasteiger partial charge is 0.395 e. The Morgan fingerprint density at radius 1 is 1.23 bits per heavy atom. The van der Waals surface area contributed by atoms with Crippen LogP contribution in [-0.4, -0.2) is 26.7 Å². The molecular weight excluding hydrogens is 190 g/mol. The second-order valence-electron chi connectivity index (χ2n) is 2.45. The van der Waals surface area contributed by atoms with Gasteiger partial charge in [-0.1, -0.05) is 0 Å². The SMILES string of the molecule is O=[SH](=O)c1ccc(NCCO)cc1. The number of aliphatic hydroxyl groups is 1. The van der Waals surface area contributed by atoms with Crippen LogP contribution in [0.3, 0.4) is 0 Å². The van der Waals surface area contributed by atoms with Crippen molar-refractivity contribution in [1.29, 1.82) is 0 Å². The van der Waals surface area contributed by atoms with E-state index in [1.807, 2.05) is 0 Å². The zero-order valence-electron chi connectivity index (χ0n) is 6.93. The van der Waals surface area contributed by atoms with Crippen molar-refractivity contribution in [3.63, 3.8) is 0 Å². The Labute approximate surface area is 78.2 Å². The predicted octanol–water partition coefficient (Wildman–Crippen LogP) is 0.0611. The fraction of sp³-hybridized carbons (Fsp3) is 0.250. The molecule has 0 saturated carbocycles. The first kappa shape index (κ1) is 10.0. The van der Waals surface area contributed by atoms with E-state index in [1.54, 1.807) is 12.1 Å². The van der Waals surface area contributed by atoms with Crippen LogP contribution in [0.25, 0.3) is 0 Å². The second-order valence-corrected chi connectivity index (χ2v) is 3.48. The molecule has 1 rings (SSSR count). The third kappa shape index (κ3) is 3.04. The van der Waals surface area contributed by atoms with E-state index in [-0.39, 0.29) is 6.61 Å². The van der Waals surface area contributed by atoms with Crippen molar-refractivity contribution in [2.75, 3.05) is 18.5 Å². The summed E-state index contributed by atoms with van der Waals surface area (Å²) in [6, 6.07) is 6.36. The van der Waals surface area contributed by atoms with Gasteiger partial charge in [-0.25, -0.2) is 8.42 Å². The van der Waals surface area contributed by atoms with Crippen LogP contribution in [-0.2, 0) is 10.7 Å². The average Bonchev–Trinajstić information content (AvgIpc) is 2.15. The van der Waals surface area contributed by atoms with Gasteiger partial charge in [0, 0.05) is 12.2 Å². The Balaban J connectivity index is 2.69. The van der Waals surface area contributed by atoms with E-state index in [0.29, 0.717) is 11.4 Å². The van der Waals surface area contributed by atoms with E-state index >= 15 is 0 Å². The highest BCUT2D eigenvalue weighted by atomic mass is 32.2. The first-order valence-corrected chi connectivity index (χ1v) is 5.01. The van der Waals surface area contributed by atoms with Gasteiger partial charge < -0.3 is 10.4 Å². The lowest BCUT2D eigenvalue weighted by Gasteiger charge is -2.02. The molecule has 1 aromatic rings. The molecule has 0 amide bonds. The van der Waals surface area contributed by atoms with Gasteiger partial charge in [0.2, 0.25) is 0 Å². The van der Waals surface area contributed by atoms with E-state index in [1.165, 1.54) is 12.1 Å². The topological polar surface area (TPSA) is 66.4 Å². The van der Waals surface area contributed by atoms with Crippen LogP contribution in [0.2, 0.25) is 0 Å². The van der Waals surface area contributed by atoms with Gasteiger partial charge in [-0.2, -0.15) is 0 Å². The number of hydrogen-bond acceptors (Lipinski definition) is 4. The molecule has 0 saturated heterocycles. The summed E-state index contributed by atoms with van der Waals surface area (Å²) in [5, 5.41) is 11.4. The number of nitrogens with one attached hydrogen (secondary N) is 1. The molecule has 0 aliphatic rings. The average molecular weight is 201 g/mol. The fourth-order valence-electron chi connectivity index (χ4n) is 0.901. The molecule has 0 atom stereocenters. The highest BCUT2D eigenvalue weighted by Gasteiger charge is 1.94. The Kier molecular flexibility index (Phi) is 3.72. The van der Waals surface area contributed by atoms with Crippen molar-refractivity contribution in [3.05, 3.63) is 24.3 Å². The smallest absolute Gasteiger partial charge is 0.168 e. The standard InChI is InChI=1S/C8H11NO3S/c10-6-5-9-7-1-3-8(4-2-7)13(11)12/h1-4,9-10,13H,5-6H2. The first-order valence-electron chi connectivity index (χ1n) is 3.83. The summed E-state index contributed by atoms with van der Waals surface area (Å²) >= 11 is 0. The molecular formula is C8H11NO3S. The molecule has 0 radical (unpaired) electrons. The van der Waals surface area contributed by atoms with E-state index < -0.39 is 10.7 Å². The Morgan fingerprint density at radius 2 is 1.85 bits per heavy atom. The van der Waals surface area contributed by atoms with Crippen molar-refractivity contribution in [1.82, 2.24) is 0 Å². The molecule has 13 heavy (non-hydrogen) atoms. The van der Waals surface area contributed by atoms with Crippen LogP contribution in [0.4, 0.5) is 5.69 Å². The molecule has 0 bridgehead atoms. The minimum atomic E-state index is -2.50. The Hall–Kier alpha value is -1.07. The molecule has 1 aromatic carbocycles. The van der Waals surface area contributed by atoms with Gasteiger partial charge in [0.1, 0.15) is 0 Å². The monoisotopic (exact) mass is 201 g/mol. The van der Waals surface area contributed by atoms with Gasteiger partial charge in [0.05, 0.1) is 11.5 Å². The molecule has 4 nitrogen and oxygen atoms in total. The quantitative estimate of drug-likeness (QED) is 0.603. The second kappa shape index (κ2) is 4.84. The highest BCUT2D eigenvalue weighted by molar-refractivity contribution is 7.72. The molecule has 2 N–H and O–H groups in total. The van der Waals surface area contributed by atoms with E-state index in [9.17, 15) is 8.42 Å². The van der Waals surface area contributed by atoms with Crippen molar-refractivity contribution in [3.8, 4) is 0 Å². The molecule has 0 heterocycles. The van der Waals surface area contributed by atoms with Crippen molar-refractivity contribution >= 4 is 16.4 Å². The van der Waals surface area contributed by atoms with Gasteiger partial charge >= 0.3 is 0 Å². The summed E-state index contributed by atoms with van der Waals surface area (Å²) in [5.41, 5.74) is 0.801. The zero-order valence-corrected chi connectivity index (χ0v) is 7.83.